The van der Waals surface area contributed by atoms with E-state index in [-0.39, 0.29) is 12.4 Å². The third kappa shape index (κ3) is 2.46. The van der Waals surface area contributed by atoms with Crippen LogP contribution in [0, 0.1) is 0 Å². The Morgan fingerprint density at radius 1 is 1.14 bits per heavy atom. The van der Waals surface area contributed by atoms with Gasteiger partial charge in [0.2, 0.25) is 0 Å². The molecule has 0 atom stereocenters. The molecular formula is C17H18N2O2S. The maximum absolute atomic E-state index is 11.7. The van der Waals surface area contributed by atoms with Crippen LogP contribution in [0.15, 0.2) is 46.2 Å². The van der Waals surface area contributed by atoms with Gasteiger partial charge in [0.1, 0.15) is 0 Å². The molecule has 1 aliphatic rings. The van der Waals surface area contributed by atoms with Crippen LogP contribution in [0.3, 0.4) is 0 Å². The highest BCUT2D eigenvalue weighted by molar-refractivity contribution is 7.99. The lowest BCUT2D eigenvalue weighted by atomic mass is 10.1. The minimum absolute atomic E-state index is 0.227. The first kappa shape index (κ1) is 14.9. The summed E-state index contributed by atoms with van der Waals surface area (Å²) in [7, 11) is 3.46. The third-order valence-corrected chi connectivity index (χ3v) is 5.21. The number of ether oxygens (including phenoxy) is 1. The van der Waals surface area contributed by atoms with Gasteiger partial charge >= 0.3 is 5.97 Å². The smallest absolute Gasteiger partial charge is 0.310 e. The van der Waals surface area contributed by atoms with Crippen LogP contribution < -0.4 is 10.6 Å². The molecule has 1 heterocycles. The van der Waals surface area contributed by atoms with Crippen molar-refractivity contribution in [3.05, 3.63) is 47.5 Å². The van der Waals surface area contributed by atoms with Crippen LogP contribution in [0.2, 0.25) is 0 Å². The van der Waals surface area contributed by atoms with Gasteiger partial charge in [0.05, 0.1) is 24.9 Å². The van der Waals surface area contributed by atoms with E-state index >= 15 is 0 Å². The summed E-state index contributed by atoms with van der Waals surface area (Å²) in [5, 5.41) is 0. The zero-order chi connectivity index (χ0) is 15.7. The molecule has 0 aromatic heterocycles. The summed E-state index contributed by atoms with van der Waals surface area (Å²) in [6.45, 7) is 0.499. The molecule has 0 fully saturated rings. The van der Waals surface area contributed by atoms with E-state index < -0.39 is 0 Å². The van der Waals surface area contributed by atoms with E-state index in [9.17, 15) is 4.79 Å². The number of esters is 1. The molecule has 0 saturated heterocycles. The van der Waals surface area contributed by atoms with Gasteiger partial charge in [-0.15, -0.1) is 0 Å². The van der Waals surface area contributed by atoms with Crippen LogP contribution in [-0.2, 0) is 22.5 Å². The predicted octanol–water partition coefficient (Wildman–Crippen LogP) is 3.09. The number of nitrogens with zero attached hydrogens (tertiary/aromatic N) is 1. The van der Waals surface area contributed by atoms with Crippen molar-refractivity contribution >= 4 is 29.1 Å². The van der Waals surface area contributed by atoms with Crippen molar-refractivity contribution < 1.29 is 9.53 Å². The van der Waals surface area contributed by atoms with Crippen molar-refractivity contribution in [1.29, 1.82) is 0 Å². The van der Waals surface area contributed by atoms with E-state index in [1.165, 1.54) is 7.11 Å². The monoisotopic (exact) mass is 314 g/mol. The molecule has 5 heteroatoms. The summed E-state index contributed by atoms with van der Waals surface area (Å²) < 4.78 is 4.80. The Labute approximate surface area is 134 Å². The van der Waals surface area contributed by atoms with Gasteiger partial charge < -0.3 is 15.4 Å². The van der Waals surface area contributed by atoms with Crippen LogP contribution in [0.1, 0.15) is 11.1 Å². The van der Waals surface area contributed by atoms with Crippen molar-refractivity contribution in [2.24, 2.45) is 5.73 Å². The lowest BCUT2D eigenvalue weighted by Crippen LogP contribution is -2.18. The normalized spacial score (nSPS) is 12.6. The summed E-state index contributed by atoms with van der Waals surface area (Å²) >= 11 is 1.69. The molecule has 3 rings (SSSR count). The van der Waals surface area contributed by atoms with Gasteiger partial charge in [-0.05, 0) is 23.3 Å². The molecule has 2 aromatic carbocycles. The second-order valence-corrected chi connectivity index (χ2v) is 6.17. The number of methoxy groups -OCH3 is 1. The summed E-state index contributed by atoms with van der Waals surface area (Å²) in [5.74, 6) is -0.227. The summed E-state index contributed by atoms with van der Waals surface area (Å²) in [5.41, 5.74) is 10.2. The second-order valence-electron chi connectivity index (χ2n) is 5.15. The number of hydrogen-bond donors (Lipinski definition) is 1. The fourth-order valence-corrected chi connectivity index (χ4v) is 4.04. The first-order valence-electron chi connectivity index (χ1n) is 7.08. The van der Waals surface area contributed by atoms with Crippen LogP contribution in [0.25, 0.3) is 0 Å². The molecule has 1 aliphatic heterocycles. The highest BCUT2D eigenvalue weighted by Crippen LogP contribution is 2.50. The van der Waals surface area contributed by atoms with Crippen molar-refractivity contribution in [3.63, 3.8) is 0 Å². The Morgan fingerprint density at radius 3 is 2.32 bits per heavy atom. The van der Waals surface area contributed by atoms with Gasteiger partial charge in [-0.1, -0.05) is 36.0 Å². The predicted molar refractivity (Wildman–Crippen MR) is 88.7 cm³/mol. The fourth-order valence-electron chi connectivity index (χ4n) is 2.67. The molecule has 0 aliphatic carbocycles. The van der Waals surface area contributed by atoms with Crippen molar-refractivity contribution in [1.82, 2.24) is 0 Å². The summed E-state index contributed by atoms with van der Waals surface area (Å²) in [4.78, 5) is 16.1. The Kier molecular flexibility index (Phi) is 4.09. The Morgan fingerprint density at radius 2 is 1.73 bits per heavy atom. The van der Waals surface area contributed by atoms with Crippen molar-refractivity contribution in [2.45, 2.75) is 22.8 Å². The van der Waals surface area contributed by atoms with E-state index in [0.717, 1.165) is 32.3 Å². The maximum Gasteiger partial charge on any atom is 0.310 e. The van der Waals surface area contributed by atoms with Crippen LogP contribution >= 0.6 is 11.8 Å². The zero-order valence-corrected chi connectivity index (χ0v) is 13.4. The van der Waals surface area contributed by atoms with E-state index in [1.807, 2.05) is 31.3 Å². The van der Waals surface area contributed by atoms with Gasteiger partial charge in [0, 0.05) is 23.4 Å². The number of hydrogen-bond acceptors (Lipinski definition) is 5. The lowest BCUT2D eigenvalue weighted by molar-refractivity contribution is -0.139. The standard InChI is InChI=1S/C17H18N2O2S/c1-19-13-7-3-5-11(9-15(20)21-2)16(13)22-17-12(10-18)6-4-8-14(17)19/h3-8H,9-10,18H2,1-2H3. The van der Waals surface area contributed by atoms with E-state index in [0.29, 0.717) is 6.54 Å². The van der Waals surface area contributed by atoms with Crippen molar-refractivity contribution in [2.75, 3.05) is 19.1 Å². The first-order valence-corrected chi connectivity index (χ1v) is 7.89. The summed E-state index contributed by atoms with van der Waals surface area (Å²) in [6.07, 6.45) is 0.278. The topological polar surface area (TPSA) is 55.6 Å². The van der Waals surface area contributed by atoms with Gasteiger partial charge in [-0.3, -0.25) is 4.79 Å². The lowest BCUT2D eigenvalue weighted by Gasteiger charge is -2.31. The van der Waals surface area contributed by atoms with Crippen LogP contribution in [-0.4, -0.2) is 20.1 Å². The number of anilines is 2. The number of rotatable bonds is 3. The molecular weight excluding hydrogens is 296 g/mol. The van der Waals surface area contributed by atoms with Gasteiger partial charge in [-0.2, -0.15) is 0 Å². The van der Waals surface area contributed by atoms with Gasteiger partial charge in [-0.25, -0.2) is 0 Å². The first-order chi connectivity index (χ1) is 10.7. The Balaban J connectivity index is 2.09. The second kappa shape index (κ2) is 6.02. The van der Waals surface area contributed by atoms with Crippen LogP contribution in [0.4, 0.5) is 11.4 Å². The van der Waals surface area contributed by atoms with Gasteiger partial charge in [0.25, 0.3) is 0 Å². The summed E-state index contributed by atoms with van der Waals surface area (Å²) in [6, 6.07) is 12.2. The Bertz CT molecular complexity index is 731. The molecule has 4 nitrogen and oxygen atoms in total. The van der Waals surface area contributed by atoms with E-state index in [1.54, 1.807) is 11.8 Å². The number of nitrogens with two attached hydrogens (primary N) is 1. The average Bonchev–Trinajstić information content (AvgIpc) is 2.55. The highest BCUT2D eigenvalue weighted by atomic mass is 32.2. The molecule has 0 radical (unpaired) electrons. The molecule has 2 aromatic rings. The molecule has 0 bridgehead atoms. The zero-order valence-electron chi connectivity index (χ0n) is 12.6. The number of carbonyl (C=O) groups is 1. The van der Waals surface area contributed by atoms with E-state index in [4.69, 9.17) is 10.5 Å². The number of fused-ring (bicyclic) bond motifs is 2. The highest BCUT2D eigenvalue weighted by Gasteiger charge is 2.25. The number of carbonyl (C=O) groups excluding carboxylic acids is 1. The quantitative estimate of drug-likeness (QED) is 0.882. The third-order valence-electron chi connectivity index (χ3n) is 3.86. The average molecular weight is 314 g/mol. The molecule has 2 N–H and O–H groups in total. The molecule has 0 spiro atoms. The maximum atomic E-state index is 11.7. The minimum Gasteiger partial charge on any atom is -0.469 e. The molecule has 22 heavy (non-hydrogen) atoms. The molecule has 0 saturated carbocycles. The van der Waals surface area contributed by atoms with E-state index in [2.05, 4.69) is 17.0 Å². The minimum atomic E-state index is -0.227. The fraction of sp³-hybridized carbons (Fsp3) is 0.235. The van der Waals surface area contributed by atoms with Gasteiger partial charge in [0.15, 0.2) is 0 Å². The Hall–Kier alpha value is -1.98. The largest absolute Gasteiger partial charge is 0.469 e. The number of benzene rings is 2. The molecule has 114 valence electrons. The molecule has 0 amide bonds. The SMILES string of the molecule is COC(=O)Cc1cccc2c1Sc1c(CN)cccc1N2C. The molecule has 0 unspecified atom stereocenters. The van der Waals surface area contributed by atoms with Crippen molar-refractivity contribution in [3.8, 4) is 0 Å². The van der Waals surface area contributed by atoms with Crippen LogP contribution in [0.5, 0.6) is 0 Å².